The minimum atomic E-state index is -0.0651. The van der Waals surface area contributed by atoms with Gasteiger partial charge in [0.05, 0.1) is 6.61 Å². The smallest absolute Gasteiger partial charge is 0.306 e. The van der Waals surface area contributed by atoms with Gasteiger partial charge in [0.15, 0.2) is 0 Å². The van der Waals surface area contributed by atoms with E-state index in [9.17, 15) is 4.79 Å². The van der Waals surface area contributed by atoms with Crippen LogP contribution in [0.5, 0.6) is 0 Å². The fraction of sp³-hybridized carbons (Fsp3) is 0.417. The van der Waals surface area contributed by atoms with E-state index < -0.39 is 0 Å². The van der Waals surface area contributed by atoms with Gasteiger partial charge in [-0.05, 0) is 11.5 Å². The van der Waals surface area contributed by atoms with E-state index in [1.807, 2.05) is 18.2 Å². The topological polar surface area (TPSA) is 26.3 Å². The molecule has 0 aromatic heterocycles. The number of rotatable bonds is 1. The Labute approximate surface area is 83.9 Å². The molecule has 0 unspecified atom stereocenters. The largest absolute Gasteiger partial charge is 0.465 e. The van der Waals surface area contributed by atoms with Crippen LogP contribution in [0, 0.1) is 5.92 Å². The molecule has 1 saturated heterocycles. The molecule has 0 saturated carbocycles. The van der Waals surface area contributed by atoms with Gasteiger partial charge < -0.3 is 4.74 Å². The summed E-state index contributed by atoms with van der Waals surface area (Å²) < 4.78 is 5.08. The van der Waals surface area contributed by atoms with Crippen LogP contribution in [0.3, 0.4) is 0 Å². The van der Waals surface area contributed by atoms with Gasteiger partial charge in [-0.1, -0.05) is 37.3 Å². The summed E-state index contributed by atoms with van der Waals surface area (Å²) in [6.07, 6.45) is 0.541. The quantitative estimate of drug-likeness (QED) is 0.635. The van der Waals surface area contributed by atoms with Crippen molar-refractivity contribution < 1.29 is 9.53 Å². The molecule has 0 spiro atoms. The Hall–Kier alpha value is -1.31. The summed E-state index contributed by atoms with van der Waals surface area (Å²) in [5.74, 6) is 0.692. The van der Waals surface area contributed by atoms with Crippen molar-refractivity contribution in [3.63, 3.8) is 0 Å². The maximum absolute atomic E-state index is 11.0. The normalized spacial score (nSPS) is 27.1. The van der Waals surface area contributed by atoms with E-state index in [-0.39, 0.29) is 5.97 Å². The summed E-state index contributed by atoms with van der Waals surface area (Å²) in [5.41, 5.74) is 1.27. The molecule has 2 nitrogen and oxygen atoms in total. The van der Waals surface area contributed by atoms with Crippen molar-refractivity contribution in [2.24, 2.45) is 5.92 Å². The van der Waals surface area contributed by atoms with Crippen molar-refractivity contribution in [2.75, 3.05) is 6.61 Å². The lowest BCUT2D eigenvalue weighted by Crippen LogP contribution is -2.27. The van der Waals surface area contributed by atoms with Gasteiger partial charge >= 0.3 is 5.97 Å². The summed E-state index contributed by atoms with van der Waals surface area (Å²) in [6.45, 7) is 2.64. The molecule has 0 aliphatic carbocycles. The van der Waals surface area contributed by atoms with Crippen molar-refractivity contribution in [2.45, 2.75) is 19.3 Å². The first-order valence-electron chi connectivity index (χ1n) is 4.98. The maximum atomic E-state index is 11.0. The molecule has 74 valence electrons. The number of cyclic esters (lactones) is 1. The van der Waals surface area contributed by atoms with Gasteiger partial charge in [0.25, 0.3) is 0 Å². The van der Waals surface area contributed by atoms with E-state index in [0.29, 0.717) is 24.9 Å². The Bertz CT molecular complexity index is 318. The van der Waals surface area contributed by atoms with Gasteiger partial charge in [-0.25, -0.2) is 0 Å². The zero-order chi connectivity index (χ0) is 9.97. The van der Waals surface area contributed by atoms with E-state index in [1.54, 1.807) is 0 Å². The number of carbonyl (C=O) groups is 1. The zero-order valence-corrected chi connectivity index (χ0v) is 8.27. The van der Waals surface area contributed by atoms with Crippen LogP contribution in [0.1, 0.15) is 24.8 Å². The second-order valence-electron chi connectivity index (χ2n) is 3.88. The SMILES string of the molecule is C[C@H]1CC(=O)OC[C@@H]1c1ccccc1. The van der Waals surface area contributed by atoms with Crippen LogP contribution in [-0.4, -0.2) is 12.6 Å². The highest BCUT2D eigenvalue weighted by molar-refractivity contribution is 5.70. The van der Waals surface area contributed by atoms with Gasteiger partial charge in [0.2, 0.25) is 0 Å². The number of hydrogen-bond donors (Lipinski definition) is 0. The maximum Gasteiger partial charge on any atom is 0.306 e. The van der Waals surface area contributed by atoms with Crippen LogP contribution >= 0.6 is 0 Å². The molecule has 0 amide bonds. The standard InChI is InChI=1S/C12H14O2/c1-9-7-12(13)14-8-11(9)10-5-3-2-4-6-10/h2-6,9,11H,7-8H2,1H3/t9-,11-/m0/s1. The molecule has 14 heavy (non-hydrogen) atoms. The van der Waals surface area contributed by atoms with E-state index in [4.69, 9.17) is 4.74 Å². The number of carbonyl (C=O) groups excluding carboxylic acids is 1. The third kappa shape index (κ3) is 1.79. The second-order valence-corrected chi connectivity index (χ2v) is 3.88. The average molecular weight is 190 g/mol. The monoisotopic (exact) mass is 190 g/mol. The number of hydrogen-bond acceptors (Lipinski definition) is 2. The molecule has 1 aliphatic heterocycles. The molecule has 2 heteroatoms. The molecule has 1 aromatic rings. The third-order valence-electron chi connectivity index (χ3n) is 2.83. The van der Waals surface area contributed by atoms with Gasteiger partial charge in [-0.3, -0.25) is 4.79 Å². The Morgan fingerprint density at radius 3 is 2.64 bits per heavy atom. The fourth-order valence-electron chi connectivity index (χ4n) is 1.94. The molecule has 1 fully saturated rings. The third-order valence-corrected chi connectivity index (χ3v) is 2.83. The van der Waals surface area contributed by atoms with Crippen LogP contribution in [0.4, 0.5) is 0 Å². The van der Waals surface area contributed by atoms with Gasteiger partial charge in [0.1, 0.15) is 0 Å². The van der Waals surface area contributed by atoms with Gasteiger partial charge in [0, 0.05) is 12.3 Å². The molecule has 0 radical (unpaired) electrons. The van der Waals surface area contributed by atoms with E-state index in [2.05, 4.69) is 19.1 Å². The first-order chi connectivity index (χ1) is 6.77. The summed E-state index contributed by atoms with van der Waals surface area (Å²) in [6, 6.07) is 10.3. The highest BCUT2D eigenvalue weighted by atomic mass is 16.5. The highest BCUT2D eigenvalue weighted by Gasteiger charge is 2.28. The van der Waals surface area contributed by atoms with Crippen molar-refractivity contribution in [1.82, 2.24) is 0 Å². The summed E-state index contributed by atoms with van der Waals surface area (Å²) in [5, 5.41) is 0. The zero-order valence-electron chi connectivity index (χ0n) is 8.27. The van der Waals surface area contributed by atoms with Crippen LogP contribution in [0.15, 0.2) is 30.3 Å². The predicted molar refractivity (Wildman–Crippen MR) is 53.9 cm³/mol. The van der Waals surface area contributed by atoms with Crippen molar-refractivity contribution in [1.29, 1.82) is 0 Å². The van der Waals surface area contributed by atoms with Crippen LogP contribution < -0.4 is 0 Å². The molecule has 1 heterocycles. The summed E-state index contributed by atoms with van der Waals surface area (Å²) in [4.78, 5) is 11.0. The number of ether oxygens (including phenoxy) is 1. The first-order valence-corrected chi connectivity index (χ1v) is 4.98. The molecular weight excluding hydrogens is 176 g/mol. The molecule has 0 bridgehead atoms. The summed E-state index contributed by atoms with van der Waals surface area (Å²) >= 11 is 0. The Morgan fingerprint density at radius 1 is 1.29 bits per heavy atom. The second kappa shape index (κ2) is 3.82. The van der Waals surface area contributed by atoms with E-state index in [0.717, 1.165) is 0 Å². The van der Waals surface area contributed by atoms with Crippen LogP contribution in [0.25, 0.3) is 0 Å². The highest BCUT2D eigenvalue weighted by Crippen LogP contribution is 2.30. The number of esters is 1. The fourth-order valence-corrected chi connectivity index (χ4v) is 1.94. The van der Waals surface area contributed by atoms with Gasteiger partial charge in [-0.15, -0.1) is 0 Å². The molecule has 0 N–H and O–H groups in total. The first kappa shape index (κ1) is 9.25. The molecule has 2 atom stereocenters. The van der Waals surface area contributed by atoms with Crippen LogP contribution in [0.2, 0.25) is 0 Å². The number of benzene rings is 1. The van der Waals surface area contributed by atoms with Crippen molar-refractivity contribution >= 4 is 5.97 Å². The van der Waals surface area contributed by atoms with E-state index >= 15 is 0 Å². The van der Waals surface area contributed by atoms with Crippen molar-refractivity contribution in [3.8, 4) is 0 Å². The Balaban J connectivity index is 2.16. The lowest BCUT2D eigenvalue weighted by molar-refractivity contribution is -0.150. The summed E-state index contributed by atoms with van der Waals surface area (Å²) in [7, 11) is 0. The van der Waals surface area contributed by atoms with Crippen LogP contribution in [-0.2, 0) is 9.53 Å². The van der Waals surface area contributed by atoms with E-state index in [1.165, 1.54) is 5.56 Å². The molecule has 1 aromatic carbocycles. The average Bonchev–Trinajstić information content (AvgIpc) is 2.19. The lowest BCUT2D eigenvalue weighted by atomic mass is 9.84. The predicted octanol–water partition coefficient (Wildman–Crippen LogP) is 2.35. The van der Waals surface area contributed by atoms with Crippen molar-refractivity contribution in [3.05, 3.63) is 35.9 Å². The molecular formula is C12H14O2. The Kier molecular flexibility index (Phi) is 2.53. The minimum Gasteiger partial charge on any atom is -0.465 e. The Morgan fingerprint density at radius 2 is 2.00 bits per heavy atom. The molecule has 2 rings (SSSR count). The van der Waals surface area contributed by atoms with Gasteiger partial charge in [-0.2, -0.15) is 0 Å². The minimum absolute atomic E-state index is 0.0651. The molecule has 1 aliphatic rings. The lowest BCUT2D eigenvalue weighted by Gasteiger charge is -2.28.